The summed E-state index contributed by atoms with van der Waals surface area (Å²) in [5.74, 6) is -0.986. The number of halogens is 2. The van der Waals surface area contributed by atoms with E-state index in [2.05, 4.69) is 0 Å². The van der Waals surface area contributed by atoms with E-state index in [9.17, 15) is 9.18 Å². The van der Waals surface area contributed by atoms with Crippen LogP contribution in [-0.4, -0.2) is 11.1 Å². The average molecular weight is 311 g/mol. The molecule has 0 bridgehead atoms. The van der Waals surface area contributed by atoms with Crippen molar-refractivity contribution < 1.29 is 14.3 Å². The van der Waals surface area contributed by atoms with Gasteiger partial charge >= 0.3 is 5.97 Å². The van der Waals surface area contributed by atoms with Gasteiger partial charge in [-0.05, 0) is 36.2 Å². The first-order chi connectivity index (χ1) is 9.49. The van der Waals surface area contributed by atoms with Crippen LogP contribution in [0.1, 0.15) is 21.5 Å². The molecule has 0 unspecified atom stereocenters. The molecule has 2 rings (SSSR count). The monoisotopic (exact) mass is 310 g/mol. The summed E-state index contributed by atoms with van der Waals surface area (Å²) in [6.45, 7) is 1.74. The Morgan fingerprint density at radius 1 is 1.35 bits per heavy atom. The Hall–Kier alpha value is -1.52. The Morgan fingerprint density at radius 2 is 2.10 bits per heavy atom. The van der Waals surface area contributed by atoms with Crippen molar-refractivity contribution in [3.8, 4) is 0 Å². The number of carboxylic acid groups (broad SMARTS) is 1. The third-order valence-electron chi connectivity index (χ3n) is 2.87. The molecule has 2 aromatic rings. The maximum Gasteiger partial charge on any atom is 0.335 e. The number of aryl methyl sites for hydroxylation is 1. The van der Waals surface area contributed by atoms with Gasteiger partial charge in [-0.3, -0.25) is 0 Å². The molecule has 0 heterocycles. The normalized spacial score (nSPS) is 10.6. The second kappa shape index (κ2) is 6.29. The molecule has 0 aliphatic rings. The van der Waals surface area contributed by atoms with Crippen LogP contribution in [0.4, 0.5) is 4.39 Å². The lowest BCUT2D eigenvalue weighted by atomic mass is 10.1. The zero-order valence-electron chi connectivity index (χ0n) is 10.7. The average Bonchev–Trinajstić information content (AvgIpc) is 2.41. The quantitative estimate of drug-likeness (QED) is 0.826. The van der Waals surface area contributed by atoms with Gasteiger partial charge in [-0.1, -0.05) is 29.8 Å². The zero-order chi connectivity index (χ0) is 14.7. The molecular weight excluding hydrogens is 299 g/mol. The van der Waals surface area contributed by atoms with Gasteiger partial charge in [0.15, 0.2) is 0 Å². The first-order valence-electron chi connectivity index (χ1n) is 5.88. The minimum absolute atomic E-state index is 0.0956. The van der Waals surface area contributed by atoms with Gasteiger partial charge in [0.25, 0.3) is 0 Å². The molecule has 0 amide bonds. The molecule has 0 aliphatic heterocycles. The predicted octanol–water partition coefficient (Wildman–Crippen LogP) is 4.78. The van der Waals surface area contributed by atoms with Crippen LogP contribution >= 0.6 is 23.4 Å². The summed E-state index contributed by atoms with van der Waals surface area (Å²) in [4.78, 5) is 11.8. The Balaban J connectivity index is 2.17. The van der Waals surface area contributed by atoms with Crippen LogP contribution in [0.25, 0.3) is 0 Å². The fraction of sp³-hybridized carbons (Fsp3) is 0.133. The summed E-state index contributed by atoms with van der Waals surface area (Å²) >= 11 is 7.10. The predicted molar refractivity (Wildman–Crippen MR) is 79.1 cm³/mol. The lowest BCUT2D eigenvalue weighted by Gasteiger charge is -2.07. The minimum Gasteiger partial charge on any atom is -0.478 e. The van der Waals surface area contributed by atoms with Gasteiger partial charge in [0.1, 0.15) is 5.82 Å². The molecule has 2 nitrogen and oxygen atoms in total. The number of thioether (sulfide) groups is 1. The van der Waals surface area contributed by atoms with Crippen molar-refractivity contribution in [2.45, 2.75) is 17.6 Å². The molecule has 104 valence electrons. The lowest BCUT2D eigenvalue weighted by Crippen LogP contribution is -1.99. The van der Waals surface area contributed by atoms with Crippen molar-refractivity contribution in [3.63, 3.8) is 0 Å². The third-order valence-corrected chi connectivity index (χ3v) is 4.20. The summed E-state index contributed by atoms with van der Waals surface area (Å²) in [5.41, 5.74) is 1.47. The molecule has 2 aromatic carbocycles. The highest BCUT2D eigenvalue weighted by Crippen LogP contribution is 2.28. The molecule has 20 heavy (non-hydrogen) atoms. The number of carboxylic acids is 1. The third kappa shape index (κ3) is 3.32. The second-order valence-electron chi connectivity index (χ2n) is 4.28. The van der Waals surface area contributed by atoms with Crippen LogP contribution in [0.3, 0.4) is 0 Å². The zero-order valence-corrected chi connectivity index (χ0v) is 12.3. The van der Waals surface area contributed by atoms with Crippen molar-refractivity contribution in [1.82, 2.24) is 0 Å². The van der Waals surface area contributed by atoms with Crippen LogP contribution in [-0.2, 0) is 5.75 Å². The van der Waals surface area contributed by atoms with E-state index in [0.717, 1.165) is 4.90 Å². The highest BCUT2D eigenvalue weighted by atomic mass is 35.5. The van der Waals surface area contributed by atoms with Gasteiger partial charge in [-0.2, -0.15) is 0 Å². The molecule has 5 heteroatoms. The van der Waals surface area contributed by atoms with Crippen molar-refractivity contribution in [3.05, 3.63) is 63.9 Å². The standard InChI is InChI=1S/C15H12ClFO2S/c1-9-5-6-11(7-12(9)15(18)19)20-8-10-3-2-4-13(16)14(10)17/h2-7H,8H2,1H3,(H,18,19). The van der Waals surface area contributed by atoms with Gasteiger partial charge < -0.3 is 5.11 Å². The van der Waals surface area contributed by atoms with E-state index in [1.54, 1.807) is 31.2 Å². The second-order valence-corrected chi connectivity index (χ2v) is 5.74. The lowest BCUT2D eigenvalue weighted by molar-refractivity contribution is 0.0696. The number of benzene rings is 2. The summed E-state index contributed by atoms with van der Waals surface area (Å²) in [5, 5.41) is 9.16. The Morgan fingerprint density at radius 3 is 2.80 bits per heavy atom. The molecule has 0 aromatic heterocycles. The molecule has 0 saturated heterocycles. The largest absolute Gasteiger partial charge is 0.478 e. The van der Waals surface area contributed by atoms with E-state index in [-0.39, 0.29) is 10.6 Å². The van der Waals surface area contributed by atoms with Crippen molar-refractivity contribution >= 4 is 29.3 Å². The van der Waals surface area contributed by atoms with Gasteiger partial charge in [0, 0.05) is 10.6 Å². The first kappa shape index (κ1) is 14.9. The van der Waals surface area contributed by atoms with E-state index in [0.29, 0.717) is 16.9 Å². The number of aromatic carboxylic acids is 1. The number of rotatable bonds is 4. The maximum absolute atomic E-state index is 13.7. The molecule has 0 atom stereocenters. The molecule has 0 aliphatic carbocycles. The number of carbonyl (C=O) groups is 1. The molecule has 0 saturated carbocycles. The molecule has 0 fully saturated rings. The van der Waals surface area contributed by atoms with E-state index in [4.69, 9.17) is 16.7 Å². The number of hydrogen-bond donors (Lipinski definition) is 1. The molecular formula is C15H12ClFO2S. The summed E-state index contributed by atoms with van der Waals surface area (Å²) in [7, 11) is 0. The fourth-order valence-electron chi connectivity index (χ4n) is 1.74. The van der Waals surface area contributed by atoms with Crippen LogP contribution < -0.4 is 0 Å². The van der Waals surface area contributed by atoms with E-state index in [1.165, 1.54) is 17.8 Å². The van der Waals surface area contributed by atoms with Gasteiger partial charge in [-0.25, -0.2) is 9.18 Å². The van der Waals surface area contributed by atoms with Gasteiger partial charge in [0.2, 0.25) is 0 Å². The maximum atomic E-state index is 13.7. The van der Waals surface area contributed by atoms with Crippen molar-refractivity contribution in [1.29, 1.82) is 0 Å². The van der Waals surface area contributed by atoms with Crippen LogP contribution in [0, 0.1) is 12.7 Å². The molecule has 0 spiro atoms. The van der Waals surface area contributed by atoms with E-state index < -0.39 is 11.8 Å². The summed E-state index contributed by atoms with van der Waals surface area (Å²) < 4.78 is 13.7. The highest BCUT2D eigenvalue weighted by molar-refractivity contribution is 7.98. The number of hydrogen-bond acceptors (Lipinski definition) is 2. The smallest absolute Gasteiger partial charge is 0.335 e. The Labute approximate surface area is 125 Å². The first-order valence-corrected chi connectivity index (χ1v) is 7.25. The van der Waals surface area contributed by atoms with Crippen LogP contribution in [0.5, 0.6) is 0 Å². The summed E-state index contributed by atoms with van der Waals surface area (Å²) in [6.07, 6.45) is 0. The minimum atomic E-state index is -0.959. The van der Waals surface area contributed by atoms with Crippen LogP contribution in [0.15, 0.2) is 41.3 Å². The topological polar surface area (TPSA) is 37.3 Å². The fourth-order valence-corrected chi connectivity index (χ4v) is 2.85. The van der Waals surface area contributed by atoms with Crippen molar-refractivity contribution in [2.24, 2.45) is 0 Å². The Bertz CT molecular complexity index is 658. The molecule has 1 N–H and O–H groups in total. The SMILES string of the molecule is Cc1ccc(SCc2cccc(Cl)c2F)cc1C(=O)O. The van der Waals surface area contributed by atoms with E-state index in [1.807, 2.05) is 6.07 Å². The Kier molecular flexibility index (Phi) is 4.68. The van der Waals surface area contributed by atoms with Crippen molar-refractivity contribution in [2.75, 3.05) is 0 Å². The van der Waals surface area contributed by atoms with E-state index >= 15 is 0 Å². The van der Waals surface area contributed by atoms with Crippen LogP contribution in [0.2, 0.25) is 5.02 Å². The van der Waals surface area contributed by atoms with Gasteiger partial charge in [-0.15, -0.1) is 11.8 Å². The molecule has 0 radical (unpaired) electrons. The highest BCUT2D eigenvalue weighted by Gasteiger charge is 2.10. The summed E-state index contributed by atoms with van der Waals surface area (Å²) in [6, 6.07) is 10.0. The van der Waals surface area contributed by atoms with Gasteiger partial charge in [0.05, 0.1) is 10.6 Å².